The van der Waals surface area contributed by atoms with E-state index in [1.54, 1.807) is 0 Å². The van der Waals surface area contributed by atoms with E-state index in [4.69, 9.17) is 4.74 Å². The molecular formula is C11H20O. The van der Waals surface area contributed by atoms with Gasteiger partial charge in [0.05, 0.1) is 5.60 Å². The predicted octanol–water partition coefficient (Wildman–Crippen LogP) is 2.99. The summed E-state index contributed by atoms with van der Waals surface area (Å²) in [5.74, 6) is 1.78. The Labute approximate surface area is 75.5 Å². The first-order chi connectivity index (χ1) is 5.78. The SMILES string of the molecule is COC1(C2CCCCC2C)CC1. The van der Waals surface area contributed by atoms with Crippen LogP contribution in [0.15, 0.2) is 0 Å². The monoisotopic (exact) mass is 168 g/mol. The van der Waals surface area contributed by atoms with Crippen LogP contribution in [0.5, 0.6) is 0 Å². The van der Waals surface area contributed by atoms with Crippen molar-refractivity contribution in [1.82, 2.24) is 0 Å². The first-order valence-corrected chi connectivity index (χ1v) is 5.34. The molecule has 0 aromatic rings. The first-order valence-electron chi connectivity index (χ1n) is 5.34. The van der Waals surface area contributed by atoms with Crippen LogP contribution < -0.4 is 0 Å². The minimum atomic E-state index is 0.333. The second kappa shape index (κ2) is 3.02. The average molecular weight is 168 g/mol. The summed E-state index contributed by atoms with van der Waals surface area (Å²) in [6, 6.07) is 0. The molecule has 0 saturated heterocycles. The molecule has 2 saturated carbocycles. The summed E-state index contributed by atoms with van der Waals surface area (Å²) in [5.41, 5.74) is 0.333. The van der Waals surface area contributed by atoms with Gasteiger partial charge in [0.15, 0.2) is 0 Å². The Kier molecular flexibility index (Phi) is 2.16. The molecule has 0 N–H and O–H groups in total. The molecule has 12 heavy (non-hydrogen) atoms. The van der Waals surface area contributed by atoms with Gasteiger partial charge in [-0.15, -0.1) is 0 Å². The molecule has 2 atom stereocenters. The third-order valence-corrected chi connectivity index (χ3v) is 3.94. The first kappa shape index (κ1) is 8.55. The van der Waals surface area contributed by atoms with Crippen molar-refractivity contribution in [3.63, 3.8) is 0 Å². The van der Waals surface area contributed by atoms with E-state index in [1.807, 2.05) is 7.11 Å². The summed E-state index contributed by atoms with van der Waals surface area (Å²) in [6.07, 6.45) is 8.35. The normalized spacial score (nSPS) is 39.5. The highest BCUT2D eigenvalue weighted by Crippen LogP contribution is 2.52. The predicted molar refractivity (Wildman–Crippen MR) is 50.1 cm³/mol. The van der Waals surface area contributed by atoms with E-state index in [9.17, 15) is 0 Å². The lowest BCUT2D eigenvalue weighted by molar-refractivity contribution is -0.00811. The summed E-state index contributed by atoms with van der Waals surface area (Å²) in [6.45, 7) is 2.41. The van der Waals surface area contributed by atoms with Crippen molar-refractivity contribution in [2.24, 2.45) is 11.8 Å². The molecule has 1 heteroatoms. The molecular weight excluding hydrogens is 148 g/mol. The van der Waals surface area contributed by atoms with Crippen molar-refractivity contribution in [2.45, 2.75) is 51.0 Å². The lowest BCUT2D eigenvalue weighted by Crippen LogP contribution is -2.32. The van der Waals surface area contributed by atoms with E-state index in [-0.39, 0.29) is 0 Å². The summed E-state index contributed by atoms with van der Waals surface area (Å²) in [5, 5.41) is 0. The van der Waals surface area contributed by atoms with Gasteiger partial charge < -0.3 is 4.74 Å². The maximum atomic E-state index is 5.66. The molecule has 0 aromatic carbocycles. The second-order valence-electron chi connectivity index (χ2n) is 4.64. The minimum absolute atomic E-state index is 0.333. The van der Waals surface area contributed by atoms with E-state index in [2.05, 4.69) is 6.92 Å². The topological polar surface area (TPSA) is 9.23 Å². The van der Waals surface area contributed by atoms with Crippen LogP contribution in [0.25, 0.3) is 0 Å². The second-order valence-corrected chi connectivity index (χ2v) is 4.64. The number of hydrogen-bond acceptors (Lipinski definition) is 1. The molecule has 2 rings (SSSR count). The van der Waals surface area contributed by atoms with Gasteiger partial charge in [0.2, 0.25) is 0 Å². The average Bonchev–Trinajstić information content (AvgIpc) is 2.86. The van der Waals surface area contributed by atoms with Crippen LogP contribution in [-0.4, -0.2) is 12.7 Å². The van der Waals surface area contributed by atoms with Crippen LogP contribution in [0.4, 0.5) is 0 Å². The molecule has 0 bridgehead atoms. The Morgan fingerprint density at radius 1 is 1.17 bits per heavy atom. The highest BCUT2D eigenvalue weighted by molar-refractivity contribution is 5.03. The third-order valence-electron chi connectivity index (χ3n) is 3.94. The van der Waals surface area contributed by atoms with Crippen molar-refractivity contribution in [3.8, 4) is 0 Å². The minimum Gasteiger partial charge on any atom is -0.378 e. The molecule has 0 heterocycles. The van der Waals surface area contributed by atoms with E-state index in [0.29, 0.717) is 5.60 Å². The van der Waals surface area contributed by atoms with Crippen LogP contribution in [0, 0.1) is 11.8 Å². The highest BCUT2D eigenvalue weighted by atomic mass is 16.5. The fraction of sp³-hybridized carbons (Fsp3) is 1.00. The standard InChI is InChI=1S/C11H20O/c1-9-5-3-4-6-10(9)11(12-2)7-8-11/h9-10H,3-8H2,1-2H3. The Morgan fingerprint density at radius 2 is 1.83 bits per heavy atom. The Bertz CT molecular complexity index is 160. The van der Waals surface area contributed by atoms with Crippen molar-refractivity contribution in [2.75, 3.05) is 7.11 Å². The largest absolute Gasteiger partial charge is 0.378 e. The summed E-state index contributed by atoms with van der Waals surface area (Å²) in [4.78, 5) is 0. The summed E-state index contributed by atoms with van der Waals surface area (Å²) < 4.78 is 5.66. The molecule has 0 aromatic heterocycles. The molecule has 2 aliphatic carbocycles. The van der Waals surface area contributed by atoms with Crippen LogP contribution >= 0.6 is 0 Å². The zero-order valence-electron chi connectivity index (χ0n) is 8.31. The number of rotatable bonds is 2. The fourth-order valence-corrected chi connectivity index (χ4v) is 2.95. The van der Waals surface area contributed by atoms with E-state index in [0.717, 1.165) is 11.8 Å². The van der Waals surface area contributed by atoms with Crippen molar-refractivity contribution in [3.05, 3.63) is 0 Å². The van der Waals surface area contributed by atoms with Gasteiger partial charge in [0.25, 0.3) is 0 Å². The van der Waals surface area contributed by atoms with E-state index in [1.165, 1.54) is 38.5 Å². The van der Waals surface area contributed by atoms with Gasteiger partial charge in [0, 0.05) is 7.11 Å². The Balaban J connectivity index is 2.01. The molecule has 2 aliphatic rings. The van der Waals surface area contributed by atoms with Crippen LogP contribution in [0.3, 0.4) is 0 Å². The van der Waals surface area contributed by atoms with E-state index < -0.39 is 0 Å². The zero-order chi connectivity index (χ0) is 8.60. The smallest absolute Gasteiger partial charge is 0.0711 e. The van der Waals surface area contributed by atoms with Gasteiger partial charge in [-0.1, -0.05) is 26.2 Å². The molecule has 1 nitrogen and oxygen atoms in total. The highest BCUT2D eigenvalue weighted by Gasteiger charge is 2.51. The van der Waals surface area contributed by atoms with Crippen LogP contribution in [-0.2, 0) is 4.74 Å². The number of ether oxygens (including phenoxy) is 1. The lowest BCUT2D eigenvalue weighted by atomic mass is 9.76. The molecule has 0 radical (unpaired) electrons. The molecule has 0 spiro atoms. The lowest BCUT2D eigenvalue weighted by Gasteiger charge is -2.34. The maximum absolute atomic E-state index is 5.66. The van der Waals surface area contributed by atoms with Crippen molar-refractivity contribution in [1.29, 1.82) is 0 Å². The van der Waals surface area contributed by atoms with Gasteiger partial charge in [-0.25, -0.2) is 0 Å². The molecule has 70 valence electrons. The number of methoxy groups -OCH3 is 1. The van der Waals surface area contributed by atoms with Crippen LogP contribution in [0.1, 0.15) is 45.4 Å². The van der Waals surface area contributed by atoms with Crippen molar-refractivity contribution < 1.29 is 4.74 Å². The van der Waals surface area contributed by atoms with Gasteiger partial charge in [-0.05, 0) is 31.1 Å². The Hall–Kier alpha value is -0.0400. The fourth-order valence-electron chi connectivity index (χ4n) is 2.95. The Morgan fingerprint density at radius 3 is 2.33 bits per heavy atom. The number of hydrogen-bond donors (Lipinski definition) is 0. The summed E-state index contributed by atoms with van der Waals surface area (Å²) in [7, 11) is 1.90. The van der Waals surface area contributed by atoms with Gasteiger partial charge in [-0.2, -0.15) is 0 Å². The molecule has 0 amide bonds. The summed E-state index contributed by atoms with van der Waals surface area (Å²) >= 11 is 0. The van der Waals surface area contributed by atoms with Crippen molar-refractivity contribution >= 4 is 0 Å². The quantitative estimate of drug-likeness (QED) is 0.616. The van der Waals surface area contributed by atoms with Gasteiger partial charge >= 0.3 is 0 Å². The molecule has 2 unspecified atom stereocenters. The van der Waals surface area contributed by atoms with Crippen LogP contribution in [0.2, 0.25) is 0 Å². The van der Waals surface area contributed by atoms with Gasteiger partial charge in [0.1, 0.15) is 0 Å². The van der Waals surface area contributed by atoms with E-state index >= 15 is 0 Å². The zero-order valence-corrected chi connectivity index (χ0v) is 8.31. The maximum Gasteiger partial charge on any atom is 0.0711 e. The third kappa shape index (κ3) is 1.28. The molecule has 0 aliphatic heterocycles. The molecule has 2 fully saturated rings. The van der Waals surface area contributed by atoms with Gasteiger partial charge in [-0.3, -0.25) is 0 Å².